The average molecular weight is 364 g/mol. The summed E-state index contributed by atoms with van der Waals surface area (Å²) in [4.78, 5) is 32.4. The van der Waals surface area contributed by atoms with Crippen molar-refractivity contribution in [3.8, 4) is 0 Å². The van der Waals surface area contributed by atoms with Crippen molar-refractivity contribution in [2.24, 2.45) is 0 Å². The third kappa shape index (κ3) is 1.91. The van der Waals surface area contributed by atoms with Crippen LogP contribution in [0.2, 0.25) is 0 Å². The fourth-order valence-electron chi connectivity index (χ4n) is 1.30. The molecule has 7 nitrogen and oxygen atoms in total. The van der Waals surface area contributed by atoms with Gasteiger partial charge in [-0.05, 0) is 37.9 Å². The number of fused-ring (bicyclic) bond motifs is 1. The van der Waals surface area contributed by atoms with Gasteiger partial charge in [0.25, 0.3) is 5.69 Å². The number of halogens is 2. The Labute approximate surface area is 111 Å². The van der Waals surface area contributed by atoms with Crippen LogP contribution in [0.3, 0.4) is 0 Å². The Morgan fingerprint density at radius 1 is 1.35 bits per heavy atom. The van der Waals surface area contributed by atoms with Crippen LogP contribution >= 0.6 is 31.9 Å². The molecule has 0 spiro atoms. The van der Waals surface area contributed by atoms with E-state index in [1.807, 2.05) is 0 Å². The number of anilines is 1. The Bertz CT molecular complexity index is 572. The number of nitrogens with one attached hydrogen (secondary N) is 1. The van der Waals surface area contributed by atoms with E-state index in [0.717, 1.165) is 0 Å². The SMILES string of the molecule is O=C1[N]c2c(cc(Br)c([N+](=O)[O-])c2Br)NC1=O. The largest absolute Gasteiger partial charge is 0.335 e. The molecule has 9 heteroatoms. The third-order valence-electron chi connectivity index (χ3n) is 2.01. The summed E-state index contributed by atoms with van der Waals surface area (Å²) in [5.74, 6) is -1.86. The number of carbonyl (C=O) groups is 2. The lowest BCUT2D eigenvalue weighted by molar-refractivity contribution is -0.386. The van der Waals surface area contributed by atoms with Crippen LogP contribution in [0, 0.1) is 10.1 Å². The Morgan fingerprint density at radius 2 is 2.00 bits per heavy atom. The Morgan fingerprint density at radius 3 is 2.59 bits per heavy atom. The van der Waals surface area contributed by atoms with E-state index in [0.29, 0.717) is 0 Å². The summed E-state index contributed by atoms with van der Waals surface area (Å²) >= 11 is 6.01. The van der Waals surface area contributed by atoms with Gasteiger partial charge in [0.2, 0.25) is 0 Å². The van der Waals surface area contributed by atoms with Crippen molar-refractivity contribution in [2.75, 3.05) is 5.32 Å². The van der Waals surface area contributed by atoms with E-state index in [9.17, 15) is 19.7 Å². The second-order valence-electron chi connectivity index (χ2n) is 3.05. The predicted octanol–water partition coefficient (Wildman–Crippen LogP) is 1.83. The number of hydrogen-bond donors (Lipinski definition) is 1. The molecule has 2 rings (SSSR count). The van der Waals surface area contributed by atoms with E-state index in [2.05, 4.69) is 42.5 Å². The maximum atomic E-state index is 11.1. The van der Waals surface area contributed by atoms with Gasteiger partial charge in [-0.25, -0.2) is 5.32 Å². The summed E-state index contributed by atoms with van der Waals surface area (Å²) in [7, 11) is 0. The predicted molar refractivity (Wildman–Crippen MR) is 63.9 cm³/mol. The molecule has 0 saturated heterocycles. The van der Waals surface area contributed by atoms with E-state index < -0.39 is 16.7 Å². The Balaban J connectivity index is 2.67. The lowest BCUT2D eigenvalue weighted by Gasteiger charge is -2.16. The monoisotopic (exact) mass is 362 g/mol. The van der Waals surface area contributed by atoms with Crippen molar-refractivity contribution in [2.45, 2.75) is 0 Å². The molecule has 0 atom stereocenters. The minimum atomic E-state index is -0.991. The molecule has 0 aromatic heterocycles. The van der Waals surface area contributed by atoms with Gasteiger partial charge in [-0.2, -0.15) is 0 Å². The van der Waals surface area contributed by atoms with Crippen LogP contribution in [-0.4, -0.2) is 16.7 Å². The van der Waals surface area contributed by atoms with Crippen molar-refractivity contribution in [1.82, 2.24) is 5.32 Å². The molecule has 1 aromatic rings. The molecule has 0 aliphatic carbocycles. The summed E-state index contributed by atoms with van der Waals surface area (Å²) < 4.78 is 0.221. The molecular weight excluding hydrogens is 362 g/mol. The molecule has 0 unspecified atom stereocenters. The standard InChI is InChI=1S/C8H2Br2N3O4/c9-2-1-3-5(4(10)6(2)13(16)17)12-8(15)7(14)11-3/h1H,(H,11,14). The van der Waals surface area contributed by atoms with Crippen molar-refractivity contribution in [1.29, 1.82) is 0 Å². The van der Waals surface area contributed by atoms with E-state index >= 15 is 0 Å². The second kappa shape index (κ2) is 4.08. The number of nitro benzene ring substituents is 1. The van der Waals surface area contributed by atoms with Crippen molar-refractivity contribution in [3.63, 3.8) is 0 Å². The Kier molecular flexibility index (Phi) is 2.87. The average Bonchev–Trinajstić information content (AvgIpc) is 2.21. The molecule has 0 bridgehead atoms. The highest BCUT2D eigenvalue weighted by molar-refractivity contribution is 9.11. The van der Waals surface area contributed by atoms with Gasteiger partial charge >= 0.3 is 11.8 Å². The summed E-state index contributed by atoms with van der Waals surface area (Å²) in [5.41, 5.74) is 0.0277. The number of rotatable bonds is 1. The molecule has 1 aliphatic heterocycles. The zero-order chi connectivity index (χ0) is 12.7. The second-order valence-corrected chi connectivity index (χ2v) is 4.69. The minimum Gasteiger partial charge on any atom is -0.316 e. The fourth-order valence-corrected chi connectivity index (χ4v) is 2.80. The zero-order valence-corrected chi connectivity index (χ0v) is 11.0. The van der Waals surface area contributed by atoms with Gasteiger partial charge in [-0.1, -0.05) is 0 Å². The normalized spacial score (nSPS) is 13.8. The number of nitro groups is 1. The molecule has 1 aromatic carbocycles. The summed E-state index contributed by atoms with van der Waals surface area (Å²) in [6.07, 6.45) is 0. The number of hydrogen-bond acceptors (Lipinski definition) is 4. The molecule has 0 saturated carbocycles. The van der Waals surface area contributed by atoms with Crippen LogP contribution in [0.15, 0.2) is 15.0 Å². The molecule has 1 N–H and O–H groups in total. The minimum absolute atomic E-state index is 0.0419. The van der Waals surface area contributed by atoms with Crippen molar-refractivity contribution >= 4 is 60.7 Å². The summed E-state index contributed by atoms with van der Waals surface area (Å²) in [6, 6.07) is 1.33. The third-order valence-corrected chi connectivity index (χ3v) is 3.36. The summed E-state index contributed by atoms with van der Waals surface area (Å²) in [5, 5.41) is 16.6. The zero-order valence-electron chi connectivity index (χ0n) is 7.86. The Hall–Kier alpha value is -1.48. The van der Waals surface area contributed by atoms with E-state index in [1.165, 1.54) is 6.07 Å². The number of amides is 2. The molecule has 1 aliphatic rings. The van der Waals surface area contributed by atoms with E-state index in [4.69, 9.17) is 0 Å². The molecule has 1 heterocycles. The van der Waals surface area contributed by atoms with Crippen LogP contribution in [-0.2, 0) is 9.59 Å². The van der Waals surface area contributed by atoms with Crippen LogP contribution in [0.1, 0.15) is 0 Å². The first kappa shape index (κ1) is 12.0. The van der Waals surface area contributed by atoms with Gasteiger partial charge in [0, 0.05) is 0 Å². The van der Waals surface area contributed by atoms with Gasteiger partial charge < -0.3 is 5.32 Å². The highest BCUT2D eigenvalue weighted by Gasteiger charge is 2.32. The quantitative estimate of drug-likeness (QED) is 0.467. The van der Waals surface area contributed by atoms with Crippen molar-refractivity contribution in [3.05, 3.63) is 25.1 Å². The summed E-state index contributed by atoms with van der Waals surface area (Å²) in [6.45, 7) is 0. The van der Waals surface area contributed by atoms with Crippen molar-refractivity contribution < 1.29 is 14.5 Å². The first-order valence-corrected chi connectivity index (χ1v) is 5.74. The molecular formula is C8H2Br2N3O4. The number of benzene rings is 1. The lowest BCUT2D eigenvalue weighted by atomic mass is 10.2. The van der Waals surface area contributed by atoms with Crippen LogP contribution in [0.25, 0.3) is 0 Å². The topological polar surface area (TPSA) is 103 Å². The molecule has 17 heavy (non-hydrogen) atoms. The molecule has 0 fully saturated rings. The van der Waals surface area contributed by atoms with E-state index in [1.54, 1.807) is 0 Å². The van der Waals surface area contributed by atoms with Crippen LogP contribution < -0.4 is 10.6 Å². The lowest BCUT2D eigenvalue weighted by Crippen LogP contribution is -2.33. The van der Waals surface area contributed by atoms with Crippen LogP contribution in [0.4, 0.5) is 17.1 Å². The van der Waals surface area contributed by atoms with Gasteiger partial charge in [0.15, 0.2) is 0 Å². The van der Waals surface area contributed by atoms with Crippen LogP contribution in [0.5, 0.6) is 0 Å². The molecule has 1 radical (unpaired) electrons. The highest BCUT2D eigenvalue weighted by Crippen LogP contribution is 2.44. The maximum absolute atomic E-state index is 11.1. The van der Waals surface area contributed by atoms with E-state index in [-0.39, 0.29) is 26.0 Å². The molecule has 2 amide bonds. The first-order valence-electron chi connectivity index (χ1n) is 4.15. The van der Waals surface area contributed by atoms with Gasteiger partial charge in [0.05, 0.1) is 15.1 Å². The smallest absolute Gasteiger partial charge is 0.316 e. The van der Waals surface area contributed by atoms with Gasteiger partial charge in [-0.15, -0.1) is 0 Å². The maximum Gasteiger partial charge on any atom is 0.335 e. The van der Waals surface area contributed by atoms with Gasteiger partial charge in [0.1, 0.15) is 10.2 Å². The van der Waals surface area contributed by atoms with Gasteiger partial charge in [-0.3, -0.25) is 19.7 Å². The first-order chi connectivity index (χ1) is 7.91. The highest BCUT2D eigenvalue weighted by atomic mass is 79.9. The number of carbonyl (C=O) groups excluding carboxylic acids is 2. The molecule has 87 valence electrons. The fraction of sp³-hybridized carbons (Fsp3) is 0. The number of nitrogens with zero attached hydrogens (tertiary/aromatic N) is 2.